The fraction of sp³-hybridized carbons (Fsp3) is 0.381. The first-order valence-electron chi connectivity index (χ1n) is 10.2. The number of sulfonamides is 1. The lowest BCUT2D eigenvalue weighted by molar-refractivity contribution is 0.255. The molecule has 2 aromatic carbocycles. The number of oxazole rings is 1. The average Bonchev–Trinajstić information content (AvgIpc) is 3.16. The molecule has 0 saturated carbocycles. The van der Waals surface area contributed by atoms with Crippen LogP contribution < -0.4 is 20.1 Å². The van der Waals surface area contributed by atoms with Gasteiger partial charge >= 0.3 is 5.76 Å². The van der Waals surface area contributed by atoms with Gasteiger partial charge in [0, 0.05) is 44.5 Å². The van der Waals surface area contributed by atoms with Gasteiger partial charge in [-0.15, -0.1) is 0 Å². The summed E-state index contributed by atoms with van der Waals surface area (Å²) in [7, 11) is -2.00. The van der Waals surface area contributed by atoms with Crippen molar-refractivity contribution < 1.29 is 17.6 Å². The number of hydrogen-bond acceptors (Lipinski definition) is 7. The van der Waals surface area contributed by atoms with Gasteiger partial charge in [-0.25, -0.2) is 17.9 Å². The number of hydrogen-bond donors (Lipinski definition) is 2. The molecule has 0 amide bonds. The second-order valence-corrected chi connectivity index (χ2v) is 9.22. The Bertz CT molecular complexity index is 1180. The van der Waals surface area contributed by atoms with Crippen molar-refractivity contribution in [3.63, 3.8) is 0 Å². The first-order valence-corrected chi connectivity index (χ1v) is 11.7. The molecule has 0 spiro atoms. The second-order valence-electron chi connectivity index (χ2n) is 7.45. The topological polar surface area (TPSA) is 108 Å². The molecule has 4 rings (SSSR count). The summed E-state index contributed by atoms with van der Waals surface area (Å²) in [6, 6.07) is 12.4. The maximum absolute atomic E-state index is 12.5. The van der Waals surface area contributed by atoms with Crippen LogP contribution in [0.2, 0.25) is 0 Å². The van der Waals surface area contributed by atoms with Gasteiger partial charge in [0.25, 0.3) is 0 Å². The summed E-state index contributed by atoms with van der Waals surface area (Å²) in [6.45, 7) is 4.89. The highest BCUT2D eigenvalue weighted by atomic mass is 32.2. The monoisotopic (exact) mass is 446 g/mol. The molecule has 0 bridgehead atoms. The van der Waals surface area contributed by atoms with Gasteiger partial charge in [0.2, 0.25) is 10.0 Å². The van der Waals surface area contributed by atoms with E-state index in [2.05, 4.69) is 31.6 Å². The summed E-state index contributed by atoms with van der Waals surface area (Å²) in [6.07, 6.45) is 0.712. The van der Waals surface area contributed by atoms with E-state index >= 15 is 0 Å². The normalized spacial score (nSPS) is 15.5. The number of anilines is 1. The summed E-state index contributed by atoms with van der Waals surface area (Å²) in [4.78, 5) is 18.5. The molecule has 1 saturated heterocycles. The molecule has 0 radical (unpaired) electrons. The van der Waals surface area contributed by atoms with E-state index < -0.39 is 15.8 Å². The molecule has 2 heterocycles. The van der Waals surface area contributed by atoms with E-state index in [0.717, 1.165) is 38.5 Å². The van der Waals surface area contributed by atoms with E-state index in [-0.39, 0.29) is 10.5 Å². The van der Waals surface area contributed by atoms with E-state index in [1.54, 1.807) is 7.11 Å². The van der Waals surface area contributed by atoms with Crippen molar-refractivity contribution in [1.29, 1.82) is 0 Å². The number of fused-ring (bicyclic) bond motifs is 1. The summed E-state index contributed by atoms with van der Waals surface area (Å²) in [5, 5.41) is 0. The fourth-order valence-corrected chi connectivity index (χ4v) is 4.80. The van der Waals surface area contributed by atoms with E-state index in [1.807, 2.05) is 12.1 Å². The van der Waals surface area contributed by atoms with Crippen LogP contribution in [0.15, 0.2) is 56.6 Å². The van der Waals surface area contributed by atoms with E-state index in [9.17, 15) is 13.2 Å². The zero-order valence-corrected chi connectivity index (χ0v) is 18.2. The SMILES string of the molecule is COc1ccc(N2CCN(CCCNS(=O)(=O)c3ccc4[nH]c(=O)oc4c3)CC2)cc1. The van der Waals surface area contributed by atoms with E-state index in [4.69, 9.17) is 9.15 Å². The van der Waals surface area contributed by atoms with Gasteiger partial charge < -0.3 is 14.1 Å². The molecule has 166 valence electrons. The molecule has 1 aliphatic heterocycles. The number of aromatic nitrogens is 1. The number of H-pyrrole nitrogens is 1. The van der Waals surface area contributed by atoms with Crippen LogP contribution in [0.1, 0.15) is 6.42 Å². The summed E-state index contributed by atoms with van der Waals surface area (Å²) in [5.41, 5.74) is 1.88. The highest BCUT2D eigenvalue weighted by Crippen LogP contribution is 2.20. The smallest absolute Gasteiger partial charge is 0.417 e. The molecule has 2 N–H and O–H groups in total. The highest BCUT2D eigenvalue weighted by Gasteiger charge is 2.18. The number of aromatic amines is 1. The third-order valence-electron chi connectivity index (χ3n) is 5.46. The maximum atomic E-state index is 12.5. The van der Waals surface area contributed by atoms with Gasteiger partial charge in [0.05, 0.1) is 17.5 Å². The van der Waals surface area contributed by atoms with E-state index in [0.29, 0.717) is 18.5 Å². The molecular weight excluding hydrogens is 420 g/mol. The van der Waals surface area contributed by atoms with Crippen LogP contribution in [0.4, 0.5) is 5.69 Å². The zero-order valence-electron chi connectivity index (χ0n) is 17.3. The molecule has 1 aliphatic rings. The summed E-state index contributed by atoms with van der Waals surface area (Å²) in [5.74, 6) is 0.243. The molecular formula is C21H26N4O5S. The van der Waals surface area contributed by atoms with Crippen molar-refractivity contribution in [1.82, 2.24) is 14.6 Å². The van der Waals surface area contributed by atoms with Gasteiger partial charge in [0.1, 0.15) is 5.75 Å². The van der Waals surface area contributed by atoms with Gasteiger partial charge in [-0.2, -0.15) is 0 Å². The van der Waals surface area contributed by atoms with Crippen molar-refractivity contribution in [2.75, 3.05) is 51.3 Å². The molecule has 0 atom stereocenters. The lowest BCUT2D eigenvalue weighted by atomic mass is 10.2. The Balaban J connectivity index is 1.22. The molecule has 9 nitrogen and oxygen atoms in total. The molecule has 1 aromatic heterocycles. The average molecular weight is 447 g/mol. The van der Waals surface area contributed by atoms with Crippen LogP contribution in [0, 0.1) is 0 Å². The Morgan fingerprint density at radius 3 is 2.55 bits per heavy atom. The van der Waals surface area contributed by atoms with Crippen LogP contribution in [0.25, 0.3) is 11.1 Å². The zero-order chi connectivity index (χ0) is 21.8. The first kappa shape index (κ1) is 21.4. The van der Waals surface area contributed by atoms with Gasteiger partial charge in [-0.3, -0.25) is 9.88 Å². The second kappa shape index (κ2) is 9.13. The Labute approximate surface area is 180 Å². The first-order chi connectivity index (χ1) is 14.9. The highest BCUT2D eigenvalue weighted by molar-refractivity contribution is 7.89. The minimum absolute atomic E-state index is 0.0795. The van der Waals surface area contributed by atoms with Crippen LogP contribution in [0.5, 0.6) is 5.75 Å². The molecule has 0 aliphatic carbocycles. The lowest BCUT2D eigenvalue weighted by Gasteiger charge is -2.36. The maximum Gasteiger partial charge on any atom is 0.417 e. The largest absolute Gasteiger partial charge is 0.497 e. The van der Waals surface area contributed by atoms with Gasteiger partial charge in [-0.1, -0.05) is 0 Å². The predicted octanol–water partition coefficient (Wildman–Crippen LogP) is 1.62. The Hall–Kier alpha value is -2.82. The van der Waals surface area contributed by atoms with Crippen molar-refractivity contribution >= 4 is 26.8 Å². The number of piperazine rings is 1. The van der Waals surface area contributed by atoms with Gasteiger partial charge in [0.15, 0.2) is 5.58 Å². The van der Waals surface area contributed by atoms with Crippen molar-refractivity contribution in [3.05, 3.63) is 53.0 Å². The quantitative estimate of drug-likeness (QED) is 0.506. The van der Waals surface area contributed by atoms with Crippen LogP contribution in [0.3, 0.4) is 0 Å². The third-order valence-corrected chi connectivity index (χ3v) is 6.91. The standard InChI is InChI=1S/C21H26N4O5S/c1-29-17-5-3-16(4-6-17)25-13-11-24(12-14-25)10-2-9-22-31(27,28)18-7-8-19-20(15-18)30-21(26)23-19/h3-8,15,22H,2,9-14H2,1H3,(H,23,26). The minimum atomic E-state index is -3.66. The van der Waals surface area contributed by atoms with Crippen molar-refractivity contribution in [2.24, 2.45) is 0 Å². The van der Waals surface area contributed by atoms with E-state index in [1.165, 1.54) is 23.9 Å². The molecule has 3 aromatic rings. The van der Waals surface area contributed by atoms with Crippen molar-refractivity contribution in [2.45, 2.75) is 11.3 Å². The number of nitrogens with zero attached hydrogens (tertiary/aromatic N) is 2. The number of ether oxygens (including phenoxy) is 1. The number of methoxy groups -OCH3 is 1. The number of rotatable bonds is 8. The predicted molar refractivity (Wildman–Crippen MR) is 118 cm³/mol. The molecule has 0 unspecified atom stereocenters. The van der Waals surface area contributed by atoms with Crippen molar-refractivity contribution in [3.8, 4) is 5.75 Å². The Morgan fingerprint density at radius 1 is 1.10 bits per heavy atom. The Morgan fingerprint density at radius 2 is 1.84 bits per heavy atom. The van der Waals surface area contributed by atoms with Crippen LogP contribution >= 0.6 is 0 Å². The third kappa shape index (κ3) is 5.09. The molecule has 10 heteroatoms. The number of nitrogens with one attached hydrogen (secondary N) is 2. The fourth-order valence-electron chi connectivity index (χ4n) is 3.71. The summed E-state index contributed by atoms with van der Waals surface area (Å²) < 4.78 is 37.8. The van der Waals surface area contributed by atoms with Gasteiger partial charge in [-0.05, 0) is 49.4 Å². The van der Waals surface area contributed by atoms with Crippen LogP contribution in [-0.4, -0.2) is 64.7 Å². The van der Waals surface area contributed by atoms with Crippen LogP contribution in [-0.2, 0) is 10.0 Å². The molecule has 31 heavy (non-hydrogen) atoms. The molecule has 1 fully saturated rings. The summed E-state index contributed by atoms with van der Waals surface area (Å²) >= 11 is 0. The minimum Gasteiger partial charge on any atom is -0.497 e. The lowest BCUT2D eigenvalue weighted by Crippen LogP contribution is -2.47. The Kier molecular flexibility index (Phi) is 6.30. The number of benzene rings is 2.